The van der Waals surface area contributed by atoms with E-state index < -0.39 is 17.8 Å². The number of aliphatic carboxylic acids is 1. The SMILES string of the molecule is CCc1cccc(CC)c1NC(=O)[C@H]1CCCC[C@H]1C(=O)O. The van der Waals surface area contributed by atoms with Crippen LogP contribution in [-0.2, 0) is 22.4 Å². The minimum atomic E-state index is -0.848. The van der Waals surface area contributed by atoms with E-state index >= 15 is 0 Å². The fraction of sp³-hybridized carbons (Fsp3) is 0.556. The summed E-state index contributed by atoms with van der Waals surface area (Å²) in [6, 6.07) is 6.04. The average molecular weight is 303 g/mol. The third-order valence-electron chi connectivity index (χ3n) is 4.67. The van der Waals surface area contributed by atoms with Gasteiger partial charge in [0.15, 0.2) is 0 Å². The van der Waals surface area contributed by atoms with Gasteiger partial charge in [-0.25, -0.2) is 0 Å². The highest BCUT2D eigenvalue weighted by Gasteiger charge is 2.35. The minimum Gasteiger partial charge on any atom is -0.481 e. The van der Waals surface area contributed by atoms with Crippen molar-refractivity contribution in [2.75, 3.05) is 5.32 Å². The van der Waals surface area contributed by atoms with E-state index in [0.717, 1.165) is 42.5 Å². The number of carboxylic acid groups (broad SMARTS) is 1. The molecule has 4 heteroatoms. The van der Waals surface area contributed by atoms with Gasteiger partial charge in [-0.1, -0.05) is 44.9 Å². The molecule has 0 aromatic heterocycles. The quantitative estimate of drug-likeness (QED) is 0.872. The van der Waals surface area contributed by atoms with E-state index in [1.54, 1.807) is 0 Å². The summed E-state index contributed by atoms with van der Waals surface area (Å²) >= 11 is 0. The average Bonchev–Trinajstić information content (AvgIpc) is 2.54. The lowest BCUT2D eigenvalue weighted by molar-refractivity contribution is -0.147. The molecule has 0 saturated heterocycles. The van der Waals surface area contributed by atoms with Crippen LogP contribution in [0.3, 0.4) is 0 Å². The molecule has 1 saturated carbocycles. The first-order valence-corrected chi connectivity index (χ1v) is 8.22. The molecule has 0 bridgehead atoms. The van der Waals surface area contributed by atoms with Crippen LogP contribution in [0.15, 0.2) is 18.2 Å². The molecular weight excluding hydrogens is 278 g/mol. The standard InChI is InChI=1S/C18H25NO3/c1-3-12-8-7-9-13(4-2)16(12)19-17(20)14-10-5-6-11-15(14)18(21)22/h7-9,14-15H,3-6,10-11H2,1-2H3,(H,19,20)(H,21,22)/t14-,15+/m0/s1. The Labute approximate surface area is 131 Å². The predicted octanol–water partition coefficient (Wildman–Crippen LogP) is 3.64. The summed E-state index contributed by atoms with van der Waals surface area (Å²) in [6.45, 7) is 4.12. The van der Waals surface area contributed by atoms with Gasteiger partial charge in [0.25, 0.3) is 0 Å². The van der Waals surface area contributed by atoms with Crippen molar-refractivity contribution in [3.63, 3.8) is 0 Å². The van der Waals surface area contributed by atoms with Crippen molar-refractivity contribution in [3.05, 3.63) is 29.3 Å². The molecule has 1 aromatic rings. The van der Waals surface area contributed by atoms with Crippen molar-refractivity contribution < 1.29 is 14.7 Å². The van der Waals surface area contributed by atoms with E-state index in [1.165, 1.54) is 0 Å². The fourth-order valence-electron chi connectivity index (χ4n) is 3.36. The van der Waals surface area contributed by atoms with Crippen molar-refractivity contribution in [2.24, 2.45) is 11.8 Å². The van der Waals surface area contributed by atoms with Crippen LogP contribution in [0, 0.1) is 11.8 Å². The Morgan fingerprint density at radius 1 is 1.09 bits per heavy atom. The minimum absolute atomic E-state index is 0.136. The normalized spacial score (nSPS) is 21.4. The molecule has 2 rings (SSSR count). The summed E-state index contributed by atoms with van der Waals surface area (Å²) in [6.07, 6.45) is 4.78. The molecule has 1 aromatic carbocycles. The summed E-state index contributed by atoms with van der Waals surface area (Å²) < 4.78 is 0. The summed E-state index contributed by atoms with van der Waals surface area (Å²) in [5, 5.41) is 12.4. The number of nitrogens with one attached hydrogen (secondary N) is 1. The second kappa shape index (κ2) is 7.43. The number of hydrogen-bond acceptors (Lipinski definition) is 2. The molecule has 1 aliphatic carbocycles. The van der Waals surface area contributed by atoms with E-state index in [4.69, 9.17) is 0 Å². The number of rotatable bonds is 5. The molecule has 1 fully saturated rings. The van der Waals surface area contributed by atoms with Gasteiger partial charge in [-0.3, -0.25) is 9.59 Å². The van der Waals surface area contributed by atoms with E-state index in [2.05, 4.69) is 19.2 Å². The van der Waals surface area contributed by atoms with Gasteiger partial charge in [-0.2, -0.15) is 0 Å². The number of amides is 1. The number of benzene rings is 1. The first-order valence-electron chi connectivity index (χ1n) is 8.22. The Kier molecular flexibility index (Phi) is 5.58. The maximum absolute atomic E-state index is 12.6. The van der Waals surface area contributed by atoms with E-state index in [-0.39, 0.29) is 5.91 Å². The molecule has 2 atom stereocenters. The van der Waals surface area contributed by atoms with Crippen LogP contribution >= 0.6 is 0 Å². The first-order chi connectivity index (χ1) is 10.6. The lowest BCUT2D eigenvalue weighted by Crippen LogP contribution is -2.36. The third kappa shape index (κ3) is 3.49. The summed E-state index contributed by atoms with van der Waals surface area (Å²) in [4.78, 5) is 24.0. The van der Waals surface area contributed by atoms with Crippen molar-refractivity contribution in [3.8, 4) is 0 Å². The van der Waals surface area contributed by atoms with Gasteiger partial charge in [-0.15, -0.1) is 0 Å². The Hall–Kier alpha value is -1.84. The maximum Gasteiger partial charge on any atom is 0.307 e. The topological polar surface area (TPSA) is 66.4 Å². The molecule has 0 radical (unpaired) electrons. The van der Waals surface area contributed by atoms with Gasteiger partial charge in [0.2, 0.25) is 5.91 Å². The van der Waals surface area contributed by atoms with Crippen LogP contribution in [-0.4, -0.2) is 17.0 Å². The lowest BCUT2D eigenvalue weighted by atomic mass is 9.78. The molecule has 1 aliphatic rings. The zero-order valence-electron chi connectivity index (χ0n) is 13.4. The second-order valence-corrected chi connectivity index (χ2v) is 5.98. The number of hydrogen-bond donors (Lipinski definition) is 2. The van der Waals surface area contributed by atoms with Crippen LogP contribution in [0.4, 0.5) is 5.69 Å². The van der Waals surface area contributed by atoms with Gasteiger partial charge in [-0.05, 0) is 36.8 Å². The molecule has 120 valence electrons. The molecule has 0 heterocycles. The van der Waals surface area contributed by atoms with Crippen molar-refractivity contribution in [1.29, 1.82) is 0 Å². The van der Waals surface area contributed by atoms with E-state index in [9.17, 15) is 14.7 Å². The zero-order valence-corrected chi connectivity index (χ0v) is 13.4. The largest absolute Gasteiger partial charge is 0.481 e. The Morgan fingerprint density at radius 2 is 1.64 bits per heavy atom. The highest BCUT2D eigenvalue weighted by Crippen LogP contribution is 2.32. The molecule has 0 unspecified atom stereocenters. The number of carbonyl (C=O) groups excluding carboxylic acids is 1. The number of carboxylic acids is 1. The van der Waals surface area contributed by atoms with Gasteiger partial charge in [0.1, 0.15) is 0 Å². The van der Waals surface area contributed by atoms with Crippen LogP contribution in [0.25, 0.3) is 0 Å². The van der Waals surface area contributed by atoms with E-state index in [1.807, 2.05) is 18.2 Å². The monoisotopic (exact) mass is 303 g/mol. The van der Waals surface area contributed by atoms with Crippen LogP contribution in [0.1, 0.15) is 50.7 Å². The number of para-hydroxylation sites is 1. The Bertz CT molecular complexity index is 531. The highest BCUT2D eigenvalue weighted by atomic mass is 16.4. The molecule has 2 N–H and O–H groups in total. The lowest BCUT2D eigenvalue weighted by Gasteiger charge is -2.28. The summed E-state index contributed by atoms with van der Waals surface area (Å²) in [5.74, 6) is -1.95. The first kappa shape index (κ1) is 16.5. The van der Waals surface area contributed by atoms with Gasteiger partial charge >= 0.3 is 5.97 Å². The number of carbonyl (C=O) groups is 2. The molecular formula is C18H25NO3. The number of anilines is 1. The van der Waals surface area contributed by atoms with Gasteiger partial charge in [0.05, 0.1) is 11.8 Å². The summed E-state index contributed by atoms with van der Waals surface area (Å²) in [5.41, 5.74) is 3.10. The molecule has 22 heavy (non-hydrogen) atoms. The Balaban J connectivity index is 2.22. The van der Waals surface area contributed by atoms with Crippen LogP contribution < -0.4 is 5.32 Å². The molecule has 0 aliphatic heterocycles. The summed E-state index contributed by atoms with van der Waals surface area (Å²) in [7, 11) is 0. The molecule has 4 nitrogen and oxygen atoms in total. The van der Waals surface area contributed by atoms with Gasteiger partial charge < -0.3 is 10.4 Å². The fourth-order valence-corrected chi connectivity index (χ4v) is 3.36. The Morgan fingerprint density at radius 3 is 2.14 bits per heavy atom. The van der Waals surface area contributed by atoms with Crippen molar-refractivity contribution in [2.45, 2.75) is 52.4 Å². The van der Waals surface area contributed by atoms with Crippen LogP contribution in [0.2, 0.25) is 0 Å². The van der Waals surface area contributed by atoms with Gasteiger partial charge in [0, 0.05) is 5.69 Å². The molecule has 1 amide bonds. The zero-order chi connectivity index (χ0) is 16.1. The second-order valence-electron chi connectivity index (χ2n) is 5.98. The highest BCUT2D eigenvalue weighted by molar-refractivity contribution is 5.96. The van der Waals surface area contributed by atoms with Crippen LogP contribution in [0.5, 0.6) is 0 Å². The number of aryl methyl sites for hydroxylation is 2. The van der Waals surface area contributed by atoms with E-state index in [0.29, 0.717) is 12.8 Å². The van der Waals surface area contributed by atoms with Crippen molar-refractivity contribution in [1.82, 2.24) is 0 Å². The third-order valence-corrected chi connectivity index (χ3v) is 4.67. The predicted molar refractivity (Wildman–Crippen MR) is 86.9 cm³/mol. The smallest absolute Gasteiger partial charge is 0.307 e. The van der Waals surface area contributed by atoms with Crippen molar-refractivity contribution >= 4 is 17.6 Å². The maximum atomic E-state index is 12.6. The molecule has 0 spiro atoms.